The molecule has 0 bridgehead atoms. The molecule has 4 unspecified atom stereocenters. The number of halogens is 3. The molecular formula is C11H12F3NO2. The third-order valence-corrected chi connectivity index (χ3v) is 2.76. The first-order valence-electron chi connectivity index (χ1n) is 5.09. The molecule has 6 heteroatoms. The monoisotopic (exact) mass is 247 g/mol. The lowest BCUT2D eigenvalue weighted by molar-refractivity contribution is 0.00511. The summed E-state index contributed by atoms with van der Waals surface area (Å²) in [5.74, 6) is 0.379. The molecule has 0 aromatic heterocycles. The van der Waals surface area contributed by atoms with Crippen LogP contribution in [0.3, 0.4) is 0 Å². The van der Waals surface area contributed by atoms with Gasteiger partial charge in [-0.1, -0.05) is 0 Å². The quantitative estimate of drug-likeness (QED) is 0.747. The topological polar surface area (TPSA) is 41.5 Å². The lowest BCUT2D eigenvalue weighted by Gasteiger charge is -2.17. The lowest BCUT2D eigenvalue weighted by atomic mass is 10.0. The zero-order chi connectivity index (χ0) is 12.6. The van der Waals surface area contributed by atoms with E-state index in [9.17, 15) is 18.3 Å². The number of aliphatic hydroxyl groups is 1. The number of hydrogen-bond acceptors (Lipinski definition) is 3. The number of ether oxygens (including phenoxy) is 1. The van der Waals surface area contributed by atoms with Gasteiger partial charge in [-0.3, -0.25) is 0 Å². The first-order valence-corrected chi connectivity index (χ1v) is 5.09. The van der Waals surface area contributed by atoms with Crippen LogP contribution >= 0.6 is 0 Å². The molecule has 1 aromatic rings. The summed E-state index contributed by atoms with van der Waals surface area (Å²) in [4.78, 5) is 0. The Kier molecular flexibility index (Phi) is 3.15. The van der Waals surface area contributed by atoms with Crippen LogP contribution < -0.4 is 10.1 Å². The molecule has 94 valence electrons. The van der Waals surface area contributed by atoms with Crippen molar-refractivity contribution >= 4 is 5.69 Å². The van der Waals surface area contributed by atoms with E-state index in [1.54, 1.807) is 0 Å². The van der Waals surface area contributed by atoms with Gasteiger partial charge in [0.05, 0.1) is 7.11 Å². The van der Waals surface area contributed by atoms with Gasteiger partial charge in [-0.15, -0.1) is 0 Å². The Labute approximate surface area is 96.2 Å². The third kappa shape index (κ3) is 2.04. The van der Waals surface area contributed by atoms with Crippen molar-refractivity contribution in [3.63, 3.8) is 0 Å². The van der Waals surface area contributed by atoms with E-state index in [2.05, 4.69) is 5.32 Å². The summed E-state index contributed by atoms with van der Waals surface area (Å²) in [6, 6.07) is 4.27. The Hall–Kier alpha value is -1.43. The Bertz CT molecular complexity index is 416. The van der Waals surface area contributed by atoms with Crippen LogP contribution in [0.4, 0.5) is 18.9 Å². The van der Waals surface area contributed by atoms with Crippen molar-refractivity contribution in [2.24, 2.45) is 0 Å². The average molecular weight is 247 g/mol. The van der Waals surface area contributed by atoms with Gasteiger partial charge in [-0.25, -0.2) is 13.2 Å². The zero-order valence-electron chi connectivity index (χ0n) is 9.03. The summed E-state index contributed by atoms with van der Waals surface area (Å²) >= 11 is 0. The fourth-order valence-electron chi connectivity index (χ4n) is 1.78. The molecule has 1 aliphatic heterocycles. The lowest BCUT2D eigenvalue weighted by Crippen LogP contribution is -2.33. The summed E-state index contributed by atoms with van der Waals surface area (Å²) in [5.41, 5.74) is 0.244. The number of alkyl halides is 3. The number of fused-ring (bicyclic) bond motifs is 1. The largest absolute Gasteiger partial charge is 0.497 e. The van der Waals surface area contributed by atoms with Crippen molar-refractivity contribution in [2.45, 2.75) is 24.7 Å². The molecule has 0 amide bonds. The minimum Gasteiger partial charge on any atom is -0.497 e. The van der Waals surface area contributed by atoms with Crippen LogP contribution in [-0.2, 0) is 0 Å². The molecule has 1 aromatic carbocycles. The molecule has 0 saturated heterocycles. The standard InChI is InChI=1S/C11H12F3NO2/c1-17-5-2-3-7-6(4-5)10(16)8(12)9(13)11(14)15-7/h2-4,8-11,15-16H,1H3. The summed E-state index contributed by atoms with van der Waals surface area (Å²) < 4.78 is 44.8. The first-order chi connectivity index (χ1) is 8.04. The SMILES string of the molecule is COc1ccc2c(c1)C(O)C(F)C(F)C(F)N2. The number of nitrogens with one attached hydrogen (secondary N) is 1. The minimum absolute atomic E-state index is 0.0830. The van der Waals surface area contributed by atoms with E-state index in [-0.39, 0.29) is 11.3 Å². The molecule has 2 N–H and O–H groups in total. The maximum absolute atomic E-state index is 13.4. The first kappa shape index (κ1) is 12.0. The van der Waals surface area contributed by atoms with Crippen LogP contribution in [-0.4, -0.2) is 30.9 Å². The van der Waals surface area contributed by atoms with Crippen molar-refractivity contribution < 1.29 is 23.0 Å². The number of rotatable bonds is 1. The van der Waals surface area contributed by atoms with E-state index in [1.165, 1.54) is 25.3 Å². The molecule has 3 nitrogen and oxygen atoms in total. The maximum Gasteiger partial charge on any atom is 0.204 e. The van der Waals surface area contributed by atoms with Crippen molar-refractivity contribution in [3.05, 3.63) is 23.8 Å². The van der Waals surface area contributed by atoms with E-state index >= 15 is 0 Å². The summed E-state index contributed by atoms with van der Waals surface area (Å²) in [6.07, 6.45) is -8.63. The maximum atomic E-state index is 13.4. The normalized spacial score (nSPS) is 32.3. The van der Waals surface area contributed by atoms with Crippen LogP contribution in [0.25, 0.3) is 0 Å². The molecule has 1 heterocycles. The van der Waals surface area contributed by atoms with Crippen LogP contribution in [0.2, 0.25) is 0 Å². The van der Waals surface area contributed by atoms with Crippen LogP contribution in [0.15, 0.2) is 18.2 Å². The molecule has 0 aliphatic carbocycles. The predicted molar refractivity (Wildman–Crippen MR) is 56.3 cm³/mol. The van der Waals surface area contributed by atoms with Gasteiger partial charge in [-0.05, 0) is 18.2 Å². The van der Waals surface area contributed by atoms with Gasteiger partial charge in [0.1, 0.15) is 11.9 Å². The highest BCUT2D eigenvalue weighted by Gasteiger charge is 2.40. The van der Waals surface area contributed by atoms with Crippen molar-refractivity contribution in [1.29, 1.82) is 0 Å². The number of aliphatic hydroxyl groups excluding tert-OH is 1. The van der Waals surface area contributed by atoms with Crippen molar-refractivity contribution in [2.75, 3.05) is 12.4 Å². The van der Waals surface area contributed by atoms with E-state index in [0.717, 1.165) is 0 Å². The van der Waals surface area contributed by atoms with Gasteiger partial charge in [0.15, 0.2) is 12.3 Å². The Morgan fingerprint density at radius 1 is 1.24 bits per heavy atom. The van der Waals surface area contributed by atoms with Gasteiger partial charge in [0.25, 0.3) is 0 Å². The predicted octanol–water partition coefficient (Wildman–Crippen LogP) is 2.13. The van der Waals surface area contributed by atoms with Gasteiger partial charge < -0.3 is 15.2 Å². The second-order valence-corrected chi connectivity index (χ2v) is 3.83. The molecule has 4 atom stereocenters. The average Bonchev–Trinajstić information content (AvgIpc) is 2.42. The number of hydrogen-bond donors (Lipinski definition) is 2. The highest BCUT2D eigenvalue weighted by atomic mass is 19.2. The smallest absolute Gasteiger partial charge is 0.204 e. The molecule has 0 fully saturated rings. The summed E-state index contributed by atoms with van der Waals surface area (Å²) in [5, 5.41) is 11.8. The Morgan fingerprint density at radius 3 is 2.59 bits per heavy atom. The van der Waals surface area contributed by atoms with Crippen LogP contribution in [0, 0.1) is 0 Å². The van der Waals surface area contributed by atoms with Crippen molar-refractivity contribution in [1.82, 2.24) is 0 Å². The number of methoxy groups -OCH3 is 1. The van der Waals surface area contributed by atoms with Crippen LogP contribution in [0.1, 0.15) is 11.7 Å². The molecule has 0 radical (unpaired) electrons. The van der Waals surface area contributed by atoms with Crippen molar-refractivity contribution in [3.8, 4) is 5.75 Å². The summed E-state index contributed by atoms with van der Waals surface area (Å²) in [6.45, 7) is 0. The van der Waals surface area contributed by atoms with Crippen LogP contribution in [0.5, 0.6) is 5.75 Å². The van der Waals surface area contributed by atoms with E-state index in [4.69, 9.17) is 4.74 Å². The van der Waals surface area contributed by atoms with Gasteiger partial charge in [-0.2, -0.15) is 0 Å². The molecule has 17 heavy (non-hydrogen) atoms. The highest BCUT2D eigenvalue weighted by Crippen LogP contribution is 2.36. The molecule has 1 aliphatic rings. The second kappa shape index (κ2) is 4.44. The number of benzene rings is 1. The van der Waals surface area contributed by atoms with Gasteiger partial charge in [0, 0.05) is 11.3 Å². The fourth-order valence-corrected chi connectivity index (χ4v) is 1.78. The van der Waals surface area contributed by atoms with Gasteiger partial charge in [0.2, 0.25) is 6.30 Å². The highest BCUT2D eigenvalue weighted by molar-refractivity contribution is 5.57. The molecule has 0 spiro atoms. The Balaban J connectivity index is 2.45. The molecule has 0 saturated carbocycles. The van der Waals surface area contributed by atoms with Gasteiger partial charge >= 0.3 is 0 Å². The fraction of sp³-hybridized carbons (Fsp3) is 0.455. The molecule has 2 rings (SSSR count). The van der Waals surface area contributed by atoms with E-state index in [1.807, 2.05) is 0 Å². The Morgan fingerprint density at radius 2 is 1.94 bits per heavy atom. The number of anilines is 1. The summed E-state index contributed by atoms with van der Waals surface area (Å²) in [7, 11) is 1.40. The van der Waals surface area contributed by atoms with E-state index in [0.29, 0.717) is 5.75 Å². The zero-order valence-corrected chi connectivity index (χ0v) is 9.03. The molecular weight excluding hydrogens is 235 g/mol. The van der Waals surface area contributed by atoms with E-state index < -0.39 is 24.7 Å². The second-order valence-electron chi connectivity index (χ2n) is 3.83. The minimum atomic E-state index is -2.41. The third-order valence-electron chi connectivity index (χ3n) is 2.76.